The third kappa shape index (κ3) is 3.16. The standard InChI is InChI=1S/C17H19NO3/c1-5-6-18-17(19)7-11(2)13-8-14-12(3)10-21-16(14)9-15(13)20-4/h5,7-10H,1,6H2,2-4H3,(H,18,19)/b11-7+. The summed E-state index contributed by atoms with van der Waals surface area (Å²) in [5, 5.41) is 3.74. The van der Waals surface area contributed by atoms with E-state index in [1.165, 1.54) is 0 Å². The van der Waals surface area contributed by atoms with Gasteiger partial charge in [-0.05, 0) is 31.1 Å². The Hall–Kier alpha value is -2.49. The van der Waals surface area contributed by atoms with E-state index < -0.39 is 0 Å². The summed E-state index contributed by atoms with van der Waals surface area (Å²) >= 11 is 0. The number of carbonyl (C=O) groups is 1. The predicted molar refractivity (Wildman–Crippen MR) is 84.4 cm³/mol. The number of hydrogen-bond donors (Lipinski definition) is 1. The van der Waals surface area contributed by atoms with Crippen LogP contribution in [0.2, 0.25) is 0 Å². The molecule has 0 bridgehead atoms. The summed E-state index contributed by atoms with van der Waals surface area (Å²) in [5.41, 5.74) is 3.54. The molecule has 0 aliphatic carbocycles. The Labute approximate surface area is 124 Å². The molecule has 1 aromatic carbocycles. The van der Waals surface area contributed by atoms with Crippen molar-refractivity contribution < 1.29 is 13.9 Å². The van der Waals surface area contributed by atoms with Gasteiger partial charge in [0.25, 0.3) is 0 Å². The summed E-state index contributed by atoms with van der Waals surface area (Å²) in [6.07, 6.45) is 4.91. The lowest BCUT2D eigenvalue weighted by molar-refractivity contribution is -0.116. The number of fused-ring (bicyclic) bond motifs is 1. The van der Waals surface area contributed by atoms with Gasteiger partial charge in [0.15, 0.2) is 0 Å². The van der Waals surface area contributed by atoms with Gasteiger partial charge in [-0.15, -0.1) is 6.58 Å². The second-order valence-corrected chi connectivity index (χ2v) is 4.83. The second-order valence-electron chi connectivity index (χ2n) is 4.83. The molecule has 4 nitrogen and oxygen atoms in total. The maximum Gasteiger partial charge on any atom is 0.244 e. The van der Waals surface area contributed by atoms with E-state index in [2.05, 4.69) is 11.9 Å². The van der Waals surface area contributed by atoms with E-state index >= 15 is 0 Å². The molecule has 0 unspecified atom stereocenters. The molecule has 1 heterocycles. The lowest BCUT2D eigenvalue weighted by Crippen LogP contribution is -2.20. The highest BCUT2D eigenvalue weighted by Gasteiger charge is 2.12. The lowest BCUT2D eigenvalue weighted by atomic mass is 10.0. The van der Waals surface area contributed by atoms with Crippen molar-refractivity contribution in [3.63, 3.8) is 0 Å². The Morgan fingerprint density at radius 3 is 2.90 bits per heavy atom. The van der Waals surface area contributed by atoms with Gasteiger partial charge in [0.2, 0.25) is 5.91 Å². The molecule has 21 heavy (non-hydrogen) atoms. The van der Waals surface area contributed by atoms with Crippen molar-refractivity contribution in [3.8, 4) is 5.75 Å². The molecular formula is C17H19NO3. The number of aryl methyl sites for hydroxylation is 1. The first-order chi connectivity index (χ1) is 10.1. The van der Waals surface area contributed by atoms with Gasteiger partial charge >= 0.3 is 0 Å². The zero-order chi connectivity index (χ0) is 15.4. The first-order valence-corrected chi connectivity index (χ1v) is 6.70. The largest absolute Gasteiger partial charge is 0.496 e. The highest BCUT2D eigenvalue weighted by Crippen LogP contribution is 2.33. The summed E-state index contributed by atoms with van der Waals surface area (Å²) in [5.74, 6) is 0.528. The Kier molecular flexibility index (Phi) is 4.48. The molecule has 0 aliphatic heterocycles. The molecule has 0 atom stereocenters. The van der Waals surface area contributed by atoms with Crippen molar-refractivity contribution >= 4 is 22.4 Å². The average molecular weight is 285 g/mol. The van der Waals surface area contributed by atoms with Crippen LogP contribution in [0.25, 0.3) is 16.5 Å². The van der Waals surface area contributed by atoms with E-state index in [1.54, 1.807) is 25.5 Å². The van der Waals surface area contributed by atoms with Gasteiger partial charge in [-0.2, -0.15) is 0 Å². The molecule has 0 radical (unpaired) electrons. The Bertz CT molecular complexity index is 710. The number of hydrogen-bond acceptors (Lipinski definition) is 3. The molecule has 1 amide bonds. The van der Waals surface area contributed by atoms with Crippen molar-refractivity contribution in [1.82, 2.24) is 5.32 Å². The summed E-state index contributed by atoms with van der Waals surface area (Å²) in [4.78, 5) is 11.8. The van der Waals surface area contributed by atoms with Crippen molar-refractivity contribution in [2.45, 2.75) is 13.8 Å². The molecule has 2 aromatic rings. The van der Waals surface area contributed by atoms with E-state index in [1.807, 2.05) is 26.0 Å². The van der Waals surface area contributed by atoms with Crippen LogP contribution in [0.4, 0.5) is 0 Å². The first-order valence-electron chi connectivity index (χ1n) is 6.70. The number of allylic oxidation sites excluding steroid dienone is 1. The third-order valence-corrected chi connectivity index (χ3v) is 3.28. The molecule has 1 N–H and O–H groups in total. The Morgan fingerprint density at radius 1 is 1.48 bits per heavy atom. The van der Waals surface area contributed by atoms with E-state index in [-0.39, 0.29) is 5.91 Å². The molecular weight excluding hydrogens is 266 g/mol. The Balaban J connectivity index is 2.43. The number of rotatable bonds is 5. The lowest BCUT2D eigenvalue weighted by Gasteiger charge is -2.09. The molecule has 0 spiro atoms. The van der Waals surface area contributed by atoms with Gasteiger partial charge in [0, 0.05) is 29.6 Å². The Morgan fingerprint density at radius 2 is 2.24 bits per heavy atom. The monoisotopic (exact) mass is 285 g/mol. The van der Waals surface area contributed by atoms with E-state index in [9.17, 15) is 4.79 Å². The van der Waals surface area contributed by atoms with Crippen LogP contribution in [0, 0.1) is 6.92 Å². The van der Waals surface area contributed by atoms with Gasteiger partial charge in [-0.3, -0.25) is 4.79 Å². The normalized spacial score (nSPS) is 11.5. The van der Waals surface area contributed by atoms with Crippen LogP contribution in [-0.2, 0) is 4.79 Å². The minimum absolute atomic E-state index is 0.154. The number of nitrogens with one attached hydrogen (secondary N) is 1. The molecule has 0 aliphatic rings. The van der Waals surface area contributed by atoms with E-state index in [0.29, 0.717) is 12.3 Å². The van der Waals surface area contributed by atoms with Gasteiger partial charge in [-0.1, -0.05) is 6.08 Å². The van der Waals surface area contributed by atoms with Gasteiger partial charge < -0.3 is 14.5 Å². The molecule has 1 aromatic heterocycles. The van der Waals surface area contributed by atoms with E-state index in [4.69, 9.17) is 9.15 Å². The number of amides is 1. The van der Waals surface area contributed by atoms with Crippen LogP contribution < -0.4 is 10.1 Å². The zero-order valence-electron chi connectivity index (χ0n) is 12.5. The van der Waals surface area contributed by atoms with Crippen LogP contribution in [-0.4, -0.2) is 19.6 Å². The minimum atomic E-state index is -0.154. The maximum absolute atomic E-state index is 11.8. The number of furan rings is 1. The average Bonchev–Trinajstić information content (AvgIpc) is 2.84. The van der Waals surface area contributed by atoms with Gasteiger partial charge in [-0.25, -0.2) is 0 Å². The van der Waals surface area contributed by atoms with Gasteiger partial charge in [0.05, 0.1) is 13.4 Å². The van der Waals surface area contributed by atoms with Crippen molar-refractivity contribution in [2.75, 3.05) is 13.7 Å². The van der Waals surface area contributed by atoms with Crippen LogP contribution in [0.1, 0.15) is 18.1 Å². The molecule has 0 fully saturated rings. The summed E-state index contributed by atoms with van der Waals surface area (Å²) < 4.78 is 10.9. The number of ether oxygens (including phenoxy) is 1. The van der Waals surface area contributed by atoms with Crippen LogP contribution in [0.5, 0.6) is 5.75 Å². The van der Waals surface area contributed by atoms with Gasteiger partial charge in [0.1, 0.15) is 11.3 Å². The topological polar surface area (TPSA) is 51.5 Å². The summed E-state index contributed by atoms with van der Waals surface area (Å²) in [6.45, 7) is 7.88. The summed E-state index contributed by atoms with van der Waals surface area (Å²) in [7, 11) is 1.60. The molecule has 2 rings (SSSR count). The number of methoxy groups -OCH3 is 1. The second kappa shape index (κ2) is 6.31. The van der Waals surface area contributed by atoms with Crippen LogP contribution in [0.3, 0.4) is 0 Å². The summed E-state index contributed by atoms with van der Waals surface area (Å²) in [6, 6.07) is 3.83. The fourth-order valence-corrected chi connectivity index (χ4v) is 2.16. The number of benzene rings is 1. The smallest absolute Gasteiger partial charge is 0.244 e. The minimum Gasteiger partial charge on any atom is -0.496 e. The van der Waals surface area contributed by atoms with Crippen molar-refractivity contribution in [2.24, 2.45) is 0 Å². The predicted octanol–water partition coefficient (Wildman–Crippen LogP) is 3.46. The fourth-order valence-electron chi connectivity index (χ4n) is 2.16. The number of carbonyl (C=O) groups excluding carboxylic acids is 1. The van der Waals surface area contributed by atoms with Crippen molar-refractivity contribution in [3.05, 3.63) is 48.3 Å². The fraction of sp³-hybridized carbons (Fsp3) is 0.235. The highest BCUT2D eigenvalue weighted by molar-refractivity contribution is 5.97. The molecule has 4 heteroatoms. The molecule has 110 valence electrons. The highest BCUT2D eigenvalue weighted by atomic mass is 16.5. The first kappa shape index (κ1) is 14.9. The van der Waals surface area contributed by atoms with Crippen LogP contribution in [0.15, 0.2) is 41.5 Å². The SMILES string of the molecule is C=CCNC(=O)/C=C(\C)c1cc2c(C)coc2cc1OC. The molecule has 0 saturated heterocycles. The maximum atomic E-state index is 11.8. The molecule has 0 saturated carbocycles. The van der Waals surface area contributed by atoms with Crippen LogP contribution >= 0.6 is 0 Å². The zero-order valence-corrected chi connectivity index (χ0v) is 12.5. The third-order valence-electron chi connectivity index (χ3n) is 3.28. The van der Waals surface area contributed by atoms with E-state index in [0.717, 1.165) is 27.7 Å². The quantitative estimate of drug-likeness (QED) is 0.676. The van der Waals surface area contributed by atoms with Crippen molar-refractivity contribution in [1.29, 1.82) is 0 Å².